The number of nitrogens with one attached hydrogen (secondary N) is 11. The van der Waals surface area contributed by atoms with E-state index in [1.165, 1.54) is 62.6 Å². The summed E-state index contributed by atoms with van der Waals surface area (Å²) in [6, 6.07) is -8.83. The zero-order valence-corrected chi connectivity index (χ0v) is 59.4. The van der Waals surface area contributed by atoms with Gasteiger partial charge in [0.25, 0.3) is 0 Å². The van der Waals surface area contributed by atoms with Crippen LogP contribution >= 0.6 is 0 Å². The molecule has 1 aliphatic heterocycles. The monoisotopic (exact) mass is 1420 g/mol. The van der Waals surface area contributed by atoms with E-state index >= 15 is 14.4 Å². The Morgan fingerprint density at radius 2 is 1.27 bits per heavy atom. The van der Waals surface area contributed by atoms with Crippen molar-refractivity contribution in [3.8, 4) is 0 Å². The van der Waals surface area contributed by atoms with Gasteiger partial charge in [0.15, 0.2) is 24.2 Å². The zero-order chi connectivity index (χ0) is 76.4. The first kappa shape index (κ1) is 85.6. The molecule has 562 valence electrons. The van der Waals surface area contributed by atoms with Gasteiger partial charge in [-0.2, -0.15) is 0 Å². The van der Waals surface area contributed by atoms with Crippen LogP contribution in [0.15, 0.2) is 59.9 Å². The molecule has 0 saturated carbocycles. The number of hydrogen-bond acceptors (Lipinski definition) is 21. The number of aliphatic hydroxyl groups is 4. The lowest BCUT2D eigenvalue weighted by Crippen LogP contribution is -2.64. The minimum Gasteiger partial charge on any atom is -0.453 e. The Labute approximate surface area is 586 Å². The predicted octanol–water partition coefficient (Wildman–Crippen LogP) is -3.89. The highest BCUT2D eigenvalue weighted by atomic mass is 16.6. The molecule has 0 unspecified atom stereocenters. The summed E-state index contributed by atoms with van der Waals surface area (Å²) in [7, 11) is 0. The van der Waals surface area contributed by atoms with Crippen molar-refractivity contribution in [1.82, 2.24) is 63.5 Å². The molecule has 35 nitrogen and oxygen atoms in total. The molecule has 0 radical (unpaired) electrons. The topological polar surface area (TPSA) is 557 Å². The van der Waals surface area contributed by atoms with Gasteiger partial charge in [-0.25, -0.2) is 9.59 Å². The maximum Gasteiger partial charge on any atom is 0.408 e. The number of aliphatic hydroxyl groups excluding tert-OH is 4. The average molecular weight is 1430 g/mol. The number of cyclic esters (lactones) is 1. The first-order chi connectivity index (χ1) is 47.1. The van der Waals surface area contributed by atoms with Crippen LogP contribution in [0.25, 0.3) is 0 Å². The van der Waals surface area contributed by atoms with Crippen molar-refractivity contribution in [2.75, 3.05) is 19.7 Å². The molecule has 12 amide bonds. The molecule has 0 spiro atoms. The van der Waals surface area contributed by atoms with E-state index in [-0.39, 0.29) is 50.2 Å². The van der Waals surface area contributed by atoms with E-state index in [0.717, 1.165) is 6.92 Å². The smallest absolute Gasteiger partial charge is 0.408 e. The molecule has 1 saturated heterocycles. The molecule has 2 aromatic rings. The number of ether oxygens (including phenoxy) is 2. The number of carbonyl (C=O) groups excluding carboxylic acids is 13. The van der Waals surface area contributed by atoms with E-state index in [1.807, 2.05) is 10.6 Å². The number of nitrogens with two attached hydrogens (primary N) is 3. The molecule has 0 aliphatic carbocycles. The minimum absolute atomic E-state index is 0.0222. The van der Waals surface area contributed by atoms with Gasteiger partial charge in [0, 0.05) is 25.4 Å². The molecular weight excluding hydrogens is 1320 g/mol. The highest BCUT2D eigenvalue weighted by molar-refractivity contribution is 6.00. The second-order valence-corrected chi connectivity index (χ2v) is 27.7. The summed E-state index contributed by atoms with van der Waals surface area (Å²) < 4.78 is 11.5. The molecule has 1 aromatic carbocycles. The number of hydrogen-bond donors (Lipinski definition) is 18. The fourth-order valence-corrected chi connectivity index (χ4v) is 10.2. The van der Waals surface area contributed by atoms with E-state index in [4.69, 9.17) is 26.7 Å². The van der Waals surface area contributed by atoms with E-state index in [2.05, 4.69) is 57.8 Å². The van der Waals surface area contributed by atoms with Gasteiger partial charge in [-0.05, 0) is 93.7 Å². The molecule has 35 heteroatoms. The normalized spacial score (nSPS) is 23.4. The third-order valence-corrected chi connectivity index (χ3v) is 15.7. The first-order valence-corrected chi connectivity index (χ1v) is 33.2. The fraction of sp³-hybridized carbons (Fsp3) is 0.621. The number of aromatic nitrogens is 1. The van der Waals surface area contributed by atoms with Gasteiger partial charge >= 0.3 is 12.1 Å². The van der Waals surface area contributed by atoms with E-state index in [9.17, 15) is 68.4 Å². The summed E-state index contributed by atoms with van der Waals surface area (Å²) in [5.41, 5.74) is 15.0. The number of amides is 12. The van der Waals surface area contributed by atoms with Crippen LogP contribution in [0.1, 0.15) is 139 Å². The van der Waals surface area contributed by atoms with Gasteiger partial charge in [0.05, 0.1) is 25.4 Å². The average Bonchev–Trinajstić information content (AvgIpc) is 0.811. The van der Waals surface area contributed by atoms with Crippen molar-refractivity contribution in [2.45, 2.75) is 219 Å². The molecule has 15 atom stereocenters. The summed E-state index contributed by atoms with van der Waals surface area (Å²) in [5, 5.41) is 71.1. The molecule has 0 bridgehead atoms. The molecule has 1 aliphatic rings. The minimum atomic E-state index is -2.61. The Morgan fingerprint density at radius 1 is 0.683 bits per heavy atom. The van der Waals surface area contributed by atoms with Crippen LogP contribution in [0.3, 0.4) is 0 Å². The zero-order valence-electron chi connectivity index (χ0n) is 59.4. The molecule has 21 N–H and O–H groups in total. The van der Waals surface area contributed by atoms with Gasteiger partial charge in [-0.15, -0.1) is 0 Å². The predicted molar refractivity (Wildman–Crippen MR) is 364 cm³/mol. The molecule has 2 heterocycles. The van der Waals surface area contributed by atoms with Crippen LogP contribution in [0.5, 0.6) is 0 Å². The van der Waals surface area contributed by atoms with Crippen LogP contribution in [0, 0.1) is 23.2 Å². The lowest BCUT2D eigenvalue weighted by atomic mass is 9.87. The molecular formula is C66H104N16O19. The van der Waals surface area contributed by atoms with Crippen LogP contribution < -0.4 is 75.7 Å². The Balaban J connectivity index is 2.49. The molecule has 1 fully saturated rings. The largest absolute Gasteiger partial charge is 0.453 e. The Hall–Kier alpha value is -9.61. The second kappa shape index (κ2) is 40.0. The van der Waals surface area contributed by atoms with Crippen LogP contribution in [0.4, 0.5) is 4.79 Å². The maximum atomic E-state index is 15.7. The number of esters is 1. The maximum absolute atomic E-state index is 15.7. The SMILES string of the molecule is CC[C@H](C)[C@@H]1NC(=O)[C@@H](CCCN=C(N)N)NC(=O)[C@H](CC(C)C)NC(=O)[C@H]([C@H](O)C(C)C)NC(=O)[C@@H](NC(=O)[C@H](Cc2cccnc2)NC(=O)[C@@H](CC(C)(C)C)NC(=O)OC(C)(C)C)[C@@H](c2ccccc2)OC(=O)[C@H](CO)NC(=O)[C@H]([C@H](O)C(N)=O)NC(=O)CNC(=O)[C@H]([C@H](C)O)NC1=O. The Morgan fingerprint density at radius 3 is 1.81 bits per heavy atom. The van der Waals surface area contributed by atoms with Crippen LogP contribution in [-0.4, -0.2) is 212 Å². The van der Waals surface area contributed by atoms with Crippen molar-refractivity contribution >= 4 is 83.0 Å². The van der Waals surface area contributed by atoms with Crippen molar-refractivity contribution in [3.05, 3.63) is 66.0 Å². The van der Waals surface area contributed by atoms with Crippen molar-refractivity contribution in [1.29, 1.82) is 0 Å². The van der Waals surface area contributed by atoms with E-state index < -0.39 is 210 Å². The Kier molecular flexibility index (Phi) is 33.9. The number of primary amides is 1. The number of aliphatic imine (C=N–C) groups is 1. The Bertz CT molecular complexity index is 3200. The third kappa shape index (κ3) is 28.9. The number of guanidine groups is 1. The number of pyridine rings is 1. The van der Waals surface area contributed by atoms with Gasteiger partial charge in [0.2, 0.25) is 65.0 Å². The summed E-state index contributed by atoms with van der Waals surface area (Å²) in [5.74, 6) is -17.6. The lowest BCUT2D eigenvalue weighted by Gasteiger charge is -2.34. The van der Waals surface area contributed by atoms with Crippen molar-refractivity contribution in [3.63, 3.8) is 0 Å². The van der Waals surface area contributed by atoms with Crippen LogP contribution in [0.2, 0.25) is 0 Å². The van der Waals surface area contributed by atoms with E-state index in [1.54, 1.807) is 75.3 Å². The summed E-state index contributed by atoms with van der Waals surface area (Å²) >= 11 is 0. The highest BCUT2D eigenvalue weighted by Gasteiger charge is 2.44. The first-order valence-electron chi connectivity index (χ1n) is 33.2. The number of nitrogens with zero attached hydrogens (tertiary/aromatic N) is 2. The van der Waals surface area contributed by atoms with Gasteiger partial charge < -0.3 is 106 Å². The quantitative estimate of drug-likeness (QED) is 0.0219. The summed E-state index contributed by atoms with van der Waals surface area (Å²) in [4.78, 5) is 195. The van der Waals surface area contributed by atoms with Gasteiger partial charge in [0.1, 0.15) is 60.0 Å². The standard InChI is InChI=1S/C66H104N16O19/c1-14-34(6)44-58(94)80-45(35(7)84)57(93)72-30-43(85)78-47(50(87)52(67)88)60(96)76-42(31-83)62(98)100-51(37-21-16-15-17-22-37)48(82-55(91)40(27-36-20-18-24-70-29-36)74-56(92)41(28-65(8,9)10)77-64(99)101-66(11,12)13)61(97)81-46(49(86)33(4)5)59(95)75-39(26-32(2)3)54(90)73-38(53(89)79-44)23-19-25-71-63(68)69/h15-18,20-22,24,29,32-35,38-42,44-51,83-84,86-87H,14,19,23,25-28,30-31H2,1-13H3,(H2,67,88)(H,72,93)(H,73,90)(H,74,92)(H,75,95)(H,76,96)(H,77,99)(H,78,85)(H,79,89)(H,80,94)(H,81,97)(H,82,91)(H4,68,69,71)/t34-,35-,38+,39-,40-,41+,42-,44-,45-,46-,47-,48-,49+,50-,51+/m0/s1. The fourth-order valence-electron chi connectivity index (χ4n) is 10.2. The van der Waals surface area contributed by atoms with Crippen LogP contribution in [-0.2, 0) is 73.4 Å². The van der Waals surface area contributed by atoms with E-state index in [0.29, 0.717) is 5.56 Å². The molecule has 101 heavy (non-hydrogen) atoms. The molecule has 1 aromatic heterocycles. The summed E-state index contributed by atoms with van der Waals surface area (Å²) in [6.07, 6.45) is -7.15. The number of carbonyl (C=O) groups is 13. The van der Waals surface area contributed by atoms with Gasteiger partial charge in [-0.3, -0.25) is 62.7 Å². The van der Waals surface area contributed by atoms with Crippen molar-refractivity contribution in [2.24, 2.45) is 45.4 Å². The third-order valence-electron chi connectivity index (χ3n) is 15.7. The summed E-state index contributed by atoms with van der Waals surface area (Å²) in [6.45, 7) is 18.2. The molecule has 3 rings (SSSR count). The number of alkyl carbamates (subject to hydrolysis) is 1. The van der Waals surface area contributed by atoms with Gasteiger partial charge in [-0.1, -0.05) is 105 Å². The number of benzene rings is 1. The van der Waals surface area contributed by atoms with Crippen molar-refractivity contribution < 1.29 is 92.2 Å². The lowest BCUT2D eigenvalue weighted by molar-refractivity contribution is -0.159. The number of rotatable bonds is 23. The highest BCUT2D eigenvalue weighted by Crippen LogP contribution is 2.26. The second-order valence-electron chi connectivity index (χ2n) is 27.7.